The smallest absolute Gasteiger partial charge is 0.228 e. The van der Waals surface area contributed by atoms with E-state index in [0.29, 0.717) is 6.42 Å². The van der Waals surface area contributed by atoms with Crippen molar-refractivity contribution >= 4 is 22.9 Å². The molecule has 1 N–H and O–H groups in total. The highest BCUT2D eigenvalue weighted by molar-refractivity contribution is 7.09. The molecule has 2 aromatic carbocycles. The van der Waals surface area contributed by atoms with E-state index in [2.05, 4.69) is 41.5 Å². The number of aryl methyl sites for hydroxylation is 1. The van der Waals surface area contributed by atoms with Gasteiger partial charge in [-0.25, -0.2) is 0 Å². The Morgan fingerprint density at radius 1 is 0.846 bits per heavy atom. The maximum absolute atomic E-state index is 12.7. The molecular formula is C33H47BrN2O2S. The summed E-state index contributed by atoms with van der Waals surface area (Å²) in [6.07, 6.45) is 18.6. The number of hydrogen-bond donors (Lipinski definition) is 1. The predicted molar refractivity (Wildman–Crippen MR) is 160 cm³/mol. The van der Waals surface area contributed by atoms with Crippen LogP contribution in [-0.4, -0.2) is 12.5 Å². The highest BCUT2D eigenvalue weighted by Crippen LogP contribution is 2.17. The van der Waals surface area contributed by atoms with Gasteiger partial charge in [-0.1, -0.05) is 113 Å². The van der Waals surface area contributed by atoms with Gasteiger partial charge in [-0.3, -0.25) is 4.79 Å². The van der Waals surface area contributed by atoms with Crippen LogP contribution in [0.25, 0.3) is 0 Å². The molecule has 0 unspecified atom stereocenters. The molecule has 3 aromatic rings. The molecule has 0 atom stereocenters. The van der Waals surface area contributed by atoms with E-state index in [4.69, 9.17) is 4.74 Å². The lowest BCUT2D eigenvalue weighted by atomic mass is 10.1. The number of amides is 1. The van der Waals surface area contributed by atoms with Gasteiger partial charge >= 0.3 is 0 Å². The number of nitrogens with zero attached hydrogens (tertiary/aromatic N) is 1. The minimum Gasteiger partial charge on any atom is -1.00 e. The number of nitrogens with one attached hydrogen (secondary N) is 1. The number of carbonyl (C=O) groups excluding carboxylic acids is 1. The van der Waals surface area contributed by atoms with Crippen molar-refractivity contribution in [2.24, 2.45) is 0 Å². The molecule has 0 spiro atoms. The largest absolute Gasteiger partial charge is 1.00 e. The first-order valence-electron chi connectivity index (χ1n) is 14.7. The molecule has 214 valence electrons. The Morgan fingerprint density at radius 2 is 1.49 bits per heavy atom. The first-order valence-corrected chi connectivity index (χ1v) is 15.5. The monoisotopic (exact) mass is 614 g/mol. The Bertz CT molecular complexity index is 1080. The number of unbranched alkanes of at least 4 members (excludes halogenated alkanes) is 11. The summed E-state index contributed by atoms with van der Waals surface area (Å²) in [4.78, 5) is 14.0. The summed E-state index contributed by atoms with van der Waals surface area (Å²) < 4.78 is 8.15. The Kier molecular flexibility index (Phi) is 16.8. The van der Waals surface area contributed by atoms with Crippen LogP contribution in [0, 0.1) is 6.92 Å². The number of thiazole rings is 1. The molecule has 0 aliphatic rings. The zero-order valence-electron chi connectivity index (χ0n) is 23.9. The van der Waals surface area contributed by atoms with Gasteiger partial charge in [0.2, 0.25) is 11.4 Å². The number of hydrogen-bond acceptors (Lipinski definition) is 3. The fourth-order valence-corrected chi connectivity index (χ4v) is 5.39. The average Bonchev–Trinajstić information content (AvgIpc) is 3.31. The van der Waals surface area contributed by atoms with Gasteiger partial charge in [0.25, 0.3) is 0 Å². The van der Waals surface area contributed by atoms with E-state index in [0.717, 1.165) is 36.6 Å². The van der Waals surface area contributed by atoms with Crippen molar-refractivity contribution in [3.63, 3.8) is 0 Å². The second kappa shape index (κ2) is 19.8. The maximum atomic E-state index is 12.7. The number of ether oxygens (including phenoxy) is 1. The zero-order valence-corrected chi connectivity index (χ0v) is 26.3. The average molecular weight is 616 g/mol. The van der Waals surface area contributed by atoms with Crippen molar-refractivity contribution in [1.82, 2.24) is 0 Å². The number of rotatable bonds is 19. The van der Waals surface area contributed by atoms with Crippen LogP contribution in [0.3, 0.4) is 0 Å². The van der Waals surface area contributed by atoms with Gasteiger partial charge in [0, 0.05) is 11.3 Å². The first-order chi connectivity index (χ1) is 18.6. The zero-order chi connectivity index (χ0) is 26.8. The van der Waals surface area contributed by atoms with Crippen LogP contribution >= 0.6 is 11.3 Å². The Hall–Kier alpha value is -2.18. The van der Waals surface area contributed by atoms with Gasteiger partial charge in [-0.15, -0.1) is 0 Å². The van der Waals surface area contributed by atoms with Crippen LogP contribution in [0.15, 0.2) is 60.2 Å². The van der Waals surface area contributed by atoms with Crippen LogP contribution in [0.2, 0.25) is 0 Å². The van der Waals surface area contributed by atoms with Crippen molar-refractivity contribution in [2.45, 2.75) is 104 Å². The summed E-state index contributed by atoms with van der Waals surface area (Å²) in [5.41, 5.74) is 5.08. The maximum Gasteiger partial charge on any atom is 0.228 e. The van der Waals surface area contributed by atoms with Gasteiger partial charge in [-0.2, -0.15) is 4.57 Å². The summed E-state index contributed by atoms with van der Waals surface area (Å²) >= 11 is 1.74. The van der Waals surface area contributed by atoms with Crippen molar-refractivity contribution in [3.8, 4) is 5.75 Å². The van der Waals surface area contributed by atoms with Crippen LogP contribution in [0.5, 0.6) is 5.75 Å². The van der Waals surface area contributed by atoms with Gasteiger partial charge < -0.3 is 27.0 Å². The molecule has 0 aliphatic heterocycles. The van der Waals surface area contributed by atoms with Gasteiger partial charge in [0.05, 0.1) is 17.9 Å². The minimum absolute atomic E-state index is 0. The predicted octanol–water partition coefficient (Wildman–Crippen LogP) is 5.66. The highest BCUT2D eigenvalue weighted by atomic mass is 79.9. The van der Waals surface area contributed by atoms with E-state index < -0.39 is 0 Å². The third kappa shape index (κ3) is 14.1. The highest BCUT2D eigenvalue weighted by Gasteiger charge is 2.09. The molecule has 0 radical (unpaired) electrons. The van der Waals surface area contributed by atoms with E-state index in [9.17, 15) is 4.79 Å². The lowest BCUT2D eigenvalue weighted by molar-refractivity contribution is -0.683. The third-order valence-corrected chi connectivity index (χ3v) is 7.68. The van der Waals surface area contributed by atoms with Crippen LogP contribution < -0.4 is 31.6 Å². The number of carbonyl (C=O) groups is 1. The van der Waals surface area contributed by atoms with E-state index in [1.807, 2.05) is 42.5 Å². The summed E-state index contributed by atoms with van der Waals surface area (Å²) in [6, 6.07) is 16.0. The van der Waals surface area contributed by atoms with Crippen molar-refractivity contribution in [3.05, 3.63) is 76.2 Å². The summed E-state index contributed by atoms with van der Waals surface area (Å²) in [5.74, 6) is 0.836. The number of aromatic nitrogens is 1. The Morgan fingerprint density at radius 3 is 2.15 bits per heavy atom. The molecule has 6 heteroatoms. The molecule has 3 rings (SSSR count). The minimum atomic E-state index is -0.0145. The molecule has 39 heavy (non-hydrogen) atoms. The van der Waals surface area contributed by atoms with E-state index in [1.165, 1.54) is 81.1 Å². The molecular weight excluding hydrogens is 568 g/mol. The first kappa shape index (κ1) is 33.0. The lowest BCUT2D eigenvalue weighted by Gasteiger charge is -2.09. The molecule has 0 saturated carbocycles. The molecule has 1 amide bonds. The van der Waals surface area contributed by atoms with Crippen molar-refractivity contribution in [1.29, 1.82) is 0 Å². The Labute approximate surface area is 251 Å². The molecule has 0 aliphatic carbocycles. The fourth-order valence-electron chi connectivity index (χ4n) is 4.76. The summed E-state index contributed by atoms with van der Waals surface area (Å²) in [6.45, 7) is 5.92. The number of benzene rings is 2. The second-order valence-corrected chi connectivity index (χ2v) is 11.5. The van der Waals surface area contributed by atoms with Gasteiger partial charge in [0.15, 0.2) is 12.7 Å². The van der Waals surface area contributed by atoms with Crippen molar-refractivity contribution in [2.75, 3.05) is 11.9 Å². The number of halogens is 1. The van der Waals surface area contributed by atoms with E-state index >= 15 is 0 Å². The van der Waals surface area contributed by atoms with Crippen LogP contribution in [0.4, 0.5) is 5.69 Å². The normalized spacial score (nSPS) is 10.7. The summed E-state index contributed by atoms with van der Waals surface area (Å²) in [5, 5.41) is 3.05. The summed E-state index contributed by atoms with van der Waals surface area (Å²) in [7, 11) is 0. The van der Waals surface area contributed by atoms with Crippen molar-refractivity contribution < 1.29 is 31.1 Å². The fraction of sp³-hybridized carbons (Fsp3) is 0.515. The third-order valence-electron chi connectivity index (χ3n) is 6.83. The lowest BCUT2D eigenvalue weighted by Crippen LogP contribution is -3.00. The van der Waals surface area contributed by atoms with E-state index in [1.54, 1.807) is 11.3 Å². The SMILES string of the molecule is CCCCCCCCCCCCCCOc1cccc(CC(=O)Nc2cccc(C[n+]3csc(C)c3)c2)c1.[Br-]. The van der Waals surface area contributed by atoms with Gasteiger partial charge in [-0.05, 0) is 43.2 Å². The van der Waals surface area contributed by atoms with Crippen LogP contribution in [-0.2, 0) is 17.8 Å². The topological polar surface area (TPSA) is 42.2 Å². The molecule has 0 saturated heterocycles. The molecule has 1 aromatic heterocycles. The quantitative estimate of drug-likeness (QED) is 0.140. The molecule has 0 bridgehead atoms. The second-order valence-electron chi connectivity index (χ2n) is 10.4. The standard InChI is InChI=1S/C33H46N2O2S.BrH/c1-3-4-5-6-7-8-9-10-11-12-13-14-21-37-32-20-16-17-29(23-32)24-33(36)34-31-19-15-18-30(22-31)26-35-25-28(2)38-27-35;/h15-20,22-23,25,27H,3-14,21,24,26H2,1-2H3;1H. The van der Waals surface area contributed by atoms with Crippen LogP contribution in [0.1, 0.15) is 100.0 Å². The van der Waals surface area contributed by atoms with E-state index in [-0.39, 0.29) is 22.9 Å². The molecule has 0 fully saturated rings. The van der Waals surface area contributed by atoms with Gasteiger partial charge in [0.1, 0.15) is 5.75 Å². The Balaban J connectivity index is 0.00000533. The number of anilines is 1. The molecule has 4 nitrogen and oxygen atoms in total. The molecule has 1 heterocycles.